The highest BCUT2D eigenvalue weighted by Crippen LogP contribution is 2.21. The molecule has 0 aliphatic rings. The number of benzene rings is 1. The van der Waals surface area contributed by atoms with Crippen LogP contribution in [0.2, 0.25) is 0 Å². The minimum atomic E-state index is -0.503. The van der Waals surface area contributed by atoms with Crippen LogP contribution in [0.15, 0.2) is 24.3 Å². The zero-order valence-electron chi connectivity index (χ0n) is 8.47. The lowest BCUT2D eigenvalue weighted by atomic mass is 10.3. The molecule has 0 atom stereocenters. The van der Waals surface area contributed by atoms with Crippen molar-refractivity contribution in [3.05, 3.63) is 29.3 Å². The number of hydrogen-bond donors (Lipinski definition) is 2. The van der Waals surface area contributed by atoms with Crippen molar-refractivity contribution in [1.29, 1.82) is 0 Å². The van der Waals surface area contributed by atoms with Crippen molar-refractivity contribution in [1.82, 2.24) is 10.5 Å². The van der Waals surface area contributed by atoms with E-state index in [1.165, 1.54) is 0 Å². The van der Waals surface area contributed by atoms with E-state index in [1.54, 1.807) is 11.3 Å². The minimum Gasteiger partial charge on any atom is -0.368 e. The molecule has 1 aromatic carbocycles. The summed E-state index contributed by atoms with van der Waals surface area (Å²) in [6.07, 6.45) is 0. The zero-order valence-corrected chi connectivity index (χ0v) is 9.29. The molecule has 1 aromatic heterocycles. The van der Waals surface area contributed by atoms with E-state index in [0.717, 1.165) is 15.2 Å². The summed E-state index contributed by atoms with van der Waals surface area (Å²) >= 11 is 1.59. The first kappa shape index (κ1) is 11.0. The third-order valence-corrected chi connectivity index (χ3v) is 2.91. The molecule has 16 heavy (non-hydrogen) atoms. The number of rotatable bonds is 5. The Balaban J connectivity index is 1.92. The fraction of sp³-hybridized carbons (Fsp3) is 0.200. The Morgan fingerprint density at radius 2 is 2.31 bits per heavy atom. The van der Waals surface area contributed by atoms with Crippen LogP contribution < -0.4 is 11.2 Å². The Kier molecular flexibility index (Phi) is 3.45. The maximum atomic E-state index is 10.4. The number of para-hydroxylation sites is 1. The highest BCUT2D eigenvalue weighted by atomic mass is 32.1. The number of hydrogen-bond acceptors (Lipinski definition) is 5. The summed E-state index contributed by atoms with van der Waals surface area (Å²) in [5.41, 5.74) is 8.53. The molecular formula is C10H11N3O2S. The number of carbonyl (C=O) groups excluding carboxylic acids is 1. The third kappa shape index (κ3) is 2.75. The van der Waals surface area contributed by atoms with Crippen LogP contribution in [0, 0.1) is 0 Å². The molecule has 84 valence electrons. The largest absolute Gasteiger partial charge is 0.368 e. The number of nitrogens with one attached hydrogen (secondary N) is 1. The average Bonchev–Trinajstić information content (AvgIpc) is 2.66. The lowest BCUT2D eigenvalue weighted by Gasteiger charge is -2.00. The fourth-order valence-corrected chi connectivity index (χ4v) is 2.12. The molecular weight excluding hydrogens is 226 g/mol. The molecule has 3 N–H and O–H groups in total. The summed E-state index contributed by atoms with van der Waals surface area (Å²) in [5, 5.41) is 0.908. The summed E-state index contributed by atoms with van der Waals surface area (Å²) in [7, 11) is 0. The van der Waals surface area contributed by atoms with Gasteiger partial charge in [-0.3, -0.25) is 9.63 Å². The van der Waals surface area contributed by atoms with Gasteiger partial charge in [0.2, 0.25) is 5.91 Å². The van der Waals surface area contributed by atoms with Gasteiger partial charge in [0.25, 0.3) is 0 Å². The maximum absolute atomic E-state index is 10.4. The van der Waals surface area contributed by atoms with Crippen LogP contribution in [0.4, 0.5) is 0 Å². The topological polar surface area (TPSA) is 77.2 Å². The molecule has 0 spiro atoms. The molecule has 2 rings (SSSR count). The Morgan fingerprint density at radius 1 is 1.50 bits per heavy atom. The van der Waals surface area contributed by atoms with Gasteiger partial charge in [0.1, 0.15) is 11.6 Å². The van der Waals surface area contributed by atoms with Gasteiger partial charge in [0.05, 0.1) is 16.8 Å². The van der Waals surface area contributed by atoms with Crippen molar-refractivity contribution >= 4 is 27.5 Å². The van der Waals surface area contributed by atoms with Crippen LogP contribution in [0.1, 0.15) is 5.01 Å². The molecule has 1 amide bonds. The van der Waals surface area contributed by atoms with Crippen molar-refractivity contribution < 1.29 is 9.63 Å². The van der Waals surface area contributed by atoms with Crippen LogP contribution in [-0.2, 0) is 16.2 Å². The van der Waals surface area contributed by atoms with Gasteiger partial charge < -0.3 is 5.73 Å². The van der Waals surface area contributed by atoms with Gasteiger partial charge in [-0.1, -0.05) is 12.1 Å². The van der Waals surface area contributed by atoms with E-state index < -0.39 is 5.91 Å². The smallest absolute Gasteiger partial charge is 0.245 e. The van der Waals surface area contributed by atoms with Crippen molar-refractivity contribution in [2.75, 3.05) is 6.61 Å². The van der Waals surface area contributed by atoms with Crippen LogP contribution >= 0.6 is 11.3 Å². The second-order valence-corrected chi connectivity index (χ2v) is 4.27. The number of thiazole rings is 1. The zero-order chi connectivity index (χ0) is 11.4. The SMILES string of the molecule is NC(=O)CONCc1nc2ccccc2s1. The quantitative estimate of drug-likeness (QED) is 0.595. The van der Waals surface area contributed by atoms with E-state index in [0.29, 0.717) is 6.54 Å². The standard InChI is InChI=1S/C10H11N3O2S/c11-9(14)6-15-12-5-10-13-7-3-1-2-4-8(7)16-10/h1-4,12H,5-6H2,(H2,11,14). The molecule has 0 aliphatic carbocycles. The van der Waals surface area contributed by atoms with Gasteiger partial charge in [-0.2, -0.15) is 5.48 Å². The Morgan fingerprint density at radius 3 is 3.06 bits per heavy atom. The molecule has 0 radical (unpaired) electrons. The van der Waals surface area contributed by atoms with Crippen molar-refractivity contribution in [2.24, 2.45) is 5.73 Å². The van der Waals surface area contributed by atoms with Crippen molar-refractivity contribution in [3.8, 4) is 0 Å². The van der Waals surface area contributed by atoms with Crippen molar-refractivity contribution in [3.63, 3.8) is 0 Å². The molecule has 0 fully saturated rings. The summed E-state index contributed by atoms with van der Waals surface area (Å²) in [5.74, 6) is -0.503. The molecule has 1 heterocycles. The van der Waals surface area contributed by atoms with Gasteiger partial charge in [-0.15, -0.1) is 11.3 Å². The number of nitrogens with two attached hydrogens (primary N) is 1. The van der Waals surface area contributed by atoms with E-state index in [1.807, 2.05) is 24.3 Å². The fourth-order valence-electron chi connectivity index (χ4n) is 1.23. The van der Waals surface area contributed by atoms with E-state index in [-0.39, 0.29) is 6.61 Å². The van der Waals surface area contributed by atoms with Crippen LogP contribution in [-0.4, -0.2) is 17.5 Å². The number of amides is 1. The Bertz CT molecular complexity index is 465. The maximum Gasteiger partial charge on any atom is 0.245 e. The average molecular weight is 237 g/mol. The van der Waals surface area contributed by atoms with Gasteiger partial charge in [-0.25, -0.2) is 4.98 Å². The van der Waals surface area contributed by atoms with Gasteiger partial charge in [-0.05, 0) is 12.1 Å². The van der Waals surface area contributed by atoms with Crippen LogP contribution in [0.3, 0.4) is 0 Å². The lowest BCUT2D eigenvalue weighted by Crippen LogP contribution is -2.24. The molecule has 0 saturated heterocycles. The summed E-state index contributed by atoms with van der Waals surface area (Å²) in [6.45, 7) is 0.331. The number of fused-ring (bicyclic) bond motifs is 1. The first-order valence-electron chi connectivity index (χ1n) is 4.73. The minimum absolute atomic E-state index is 0.134. The van der Waals surface area contributed by atoms with Crippen LogP contribution in [0.5, 0.6) is 0 Å². The van der Waals surface area contributed by atoms with Gasteiger partial charge in [0, 0.05) is 0 Å². The number of aromatic nitrogens is 1. The Hall–Kier alpha value is -1.50. The molecule has 2 aromatic rings. The third-order valence-electron chi connectivity index (χ3n) is 1.88. The van der Waals surface area contributed by atoms with Crippen LogP contribution in [0.25, 0.3) is 10.2 Å². The van der Waals surface area contributed by atoms with E-state index in [2.05, 4.69) is 10.5 Å². The molecule has 0 aliphatic heterocycles. The molecule has 5 nitrogen and oxygen atoms in total. The molecule has 0 bridgehead atoms. The summed E-state index contributed by atoms with van der Waals surface area (Å²) in [6, 6.07) is 7.89. The van der Waals surface area contributed by atoms with Crippen molar-refractivity contribution in [2.45, 2.75) is 6.54 Å². The molecule has 6 heteroatoms. The second-order valence-electron chi connectivity index (χ2n) is 3.15. The van der Waals surface area contributed by atoms with Gasteiger partial charge >= 0.3 is 0 Å². The van der Waals surface area contributed by atoms with E-state index in [4.69, 9.17) is 10.6 Å². The van der Waals surface area contributed by atoms with Gasteiger partial charge in [0.15, 0.2) is 0 Å². The summed E-state index contributed by atoms with van der Waals surface area (Å²) < 4.78 is 1.13. The molecule has 0 unspecified atom stereocenters. The summed E-state index contributed by atoms with van der Waals surface area (Å²) in [4.78, 5) is 19.6. The highest BCUT2D eigenvalue weighted by molar-refractivity contribution is 7.18. The number of nitrogens with zero attached hydrogens (tertiary/aromatic N) is 1. The van der Waals surface area contributed by atoms with E-state index >= 15 is 0 Å². The second kappa shape index (κ2) is 5.02. The first-order valence-corrected chi connectivity index (χ1v) is 5.55. The first-order chi connectivity index (χ1) is 7.75. The number of primary amides is 1. The highest BCUT2D eigenvalue weighted by Gasteiger charge is 2.02. The predicted molar refractivity (Wildman–Crippen MR) is 61.6 cm³/mol. The Labute approximate surface area is 96.2 Å². The monoisotopic (exact) mass is 237 g/mol. The number of hydroxylamine groups is 1. The van der Waals surface area contributed by atoms with E-state index in [9.17, 15) is 4.79 Å². The number of carbonyl (C=O) groups is 1. The molecule has 0 saturated carbocycles. The normalized spacial score (nSPS) is 10.8. The lowest BCUT2D eigenvalue weighted by molar-refractivity contribution is -0.125. The predicted octanol–water partition coefficient (Wildman–Crippen LogP) is 0.803.